The topological polar surface area (TPSA) is 51.2 Å². The number of aryl methyl sites for hydroxylation is 2. The van der Waals surface area contributed by atoms with E-state index in [4.69, 9.17) is 27.9 Å². The lowest BCUT2D eigenvalue weighted by Gasteiger charge is -2.10. The molecule has 142 valence electrons. The summed E-state index contributed by atoms with van der Waals surface area (Å²) in [6.45, 7) is 3.86. The molecule has 27 heavy (non-hydrogen) atoms. The Morgan fingerprint density at radius 1 is 1.26 bits per heavy atom. The van der Waals surface area contributed by atoms with Gasteiger partial charge in [-0.25, -0.2) is 4.98 Å². The summed E-state index contributed by atoms with van der Waals surface area (Å²) >= 11 is 13.5. The Labute approximate surface area is 172 Å². The summed E-state index contributed by atoms with van der Waals surface area (Å²) in [4.78, 5) is 16.7. The molecule has 3 rings (SSSR count). The van der Waals surface area contributed by atoms with Gasteiger partial charge >= 0.3 is 0 Å². The number of fused-ring (bicyclic) bond motifs is 1. The van der Waals surface area contributed by atoms with Crippen LogP contribution >= 0.6 is 34.5 Å². The summed E-state index contributed by atoms with van der Waals surface area (Å²) in [6, 6.07) is 9.57. The summed E-state index contributed by atoms with van der Waals surface area (Å²) < 4.78 is 6.63. The fourth-order valence-electron chi connectivity index (χ4n) is 2.72. The summed E-state index contributed by atoms with van der Waals surface area (Å²) in [6.07, 6.45) is 3.39. The van der Waals surface area contributed by atoms with Crippen molar-refractivity contribution in [3.8, 4) is 5.75 Å². The monoisotopic (exact) mass is 422 g/mol. The second-order valence-corrected chi connectivity index (χ2v) is 8.17. The van der Waals surface area contributed by atoms with Gasteiger partial charge in [0.15, 0.2) is 11.7 Å². The first-order valence-electron chi connectivity index (χ1n) is 8.74. The van der Waals surface area contributed by atoms with E-state index in [-0.39, 0.29) is 12.5 Å². The summed E-state index contributed by atoms with van der Waals surface area (Å²) in [5, 5.41) is 4.26. The molecule has 0 saturated carbocycles. The molecule has 0 aliphatic heterocycles. The van der Waals surface area contributed by atoms with Crippen LogP contribution in [0.4, 0.5) is 5.13 Å². The van der Waals surface area contributed by atoms with E-state index in [1.165, 1.54) is 23.3 Å². The Balaban J connectivity index is 1.64. The van der Waals surface area contributed by atoms with Crippen molar-refractivity contribution >= 4 is 55.8 Å². The number of carbonyl (C=O) groups excluding carboxylic acids is 1. The highest BCUT2D eigenvalue weighted by Crippen LogP contribution is 2.32. The van der Waals surface area contributed by atoms with Crippen LogP contribution in [0.25, 0.3) is 10.2 Å². The third-order valence-corrected chi connectivity index (χ3v) is 5.49. The Morgan fingerprint density at radius 3 is 2.81 bits per heavy atom. The summed E-state index contributed by atoms with van der Waals surface area (Å²) in [5.74, 6) is 0.173. The molecule has 0 saturated heterocycles. The number of unbranched alkanes of at least 4 members (excludes halogenated alkanes) is 1. The highest BCUT2D eigenvalue weighted by Gasteiger charge is 2.12. The number of nitrogens with one attached hydrogen (secondary N) is 1. The third kappa shape index (κ3) is 5.12. The van der Waals surface area contributed by atoms with Crippen molar-refractivity contribution in [2.75, 3.05) is 11.9 Å². The Bertz CT molecular complexity index is 949. The summed E-state index contributed by atoms with van der Waals surface area (Å²) in [7, 11) is 0. The van der Waals surface area contributed by atoms with Crippen LogP contribution < -0.4 is 10.1 Å². The van der Waals surface area contributed by atoms with Crippen molar-refractivity contribution in [1.82, 2.24) is 4.98 Å². The number of hydrogen-bond donors (Lipinski definition) is 1. The minimum Gasteiger partial charge on any atom is -0.482 e. The van der Waals surface area contributed by atoms with E-state index in [1.54, 1.807) is 12.1 Å². The Morgan fingerprint density at radius 2 is 2.07 bits per heavy atom. The van der Waals surface area contributed by atoms with Gasteiger partial charge in [0, 0.05) is 5.02 Å². The van der Waals surface area contributed by atoms with Crippen LogP contribution in [-0.4, -0.2) is 17.5 Å². The number of ether oxygens (including phenoxy) is 1. The molecule has 2 aromatic carbocycles. The van der Waals surface area contributed by atoms with Gasteiger partial charge in [0.2, 0.25) is 0 Å². The normalized spacial score (nSPS) is 11.0. The zero-order valence-corrected chi connectivity index (χ0v) is 17.5. The fourth-order valence-corrected chi connectivity index (χ4v) is 4.32. The van der Waals surface area contributed by atoms with Gasteiger partial charge in [0.1, 0.15) is 5.75 Å². The zero-order valence-electron chi connectivity index (χ0n) is 15.1. The maximum Gasteiger partial charge on any atom is 0.264 e. The van der Waals surface area contributed by atoms with Crippen LogP contribution in [0, 0.1) is 6.92 Å². The number of aromatic nitrogens is 1. The molecule has 1 amide bonds. The van der Waals surface area contributed by atoms with E-state index in [9.17, 15) is 4.79 Å². The van der Waals surface area contributed by atoms with Crippen molar-refractivity contribution in [2.24, 2.45) is 0 Å². The molecule has 1 N–H and O–H groups in total. The predicted octanol–water partition coefficient (Wildman–Crippen LogP) is 6.27. The molecule has 0 aliphatic carbocycles. The van der Waals surface area contributed by atoms with E-state index in [0.717, 1.165) is 28.6 Å². The molecular weight excluding hydrogens is 403 g/mol. The van der Waals surface area contributed by atoms with E-state index in [0.29, 0.717) is 20.9 Å². The maximum atomic E-state index is 12.2. The van der Waals surface area contributed by atoms with Crippen LogP contribution in [0.2, 0.25) is 10.0 Å². The first kappa shape index (κ1) is 19.9. The smallest absolute Gasteiger partial charge is 0.264 e. The first-order valence-corrected chi connectivity index (χ1v) is 10.3. The van der Waals surface area contributed by atoms with Crippen LogP contribution in [0.3, 0.4) is 0 Å². The molecular formula is C20H20Cl2N2O2S. The third-order valence-electron chi connectivity index (χ3n) is 4.06. The van der Waals surface area contributed by atoms with Gasteiger partial charge in [-0.3, -0.25) is 10.1 Å². The van der Waals surface area contributed by atoms with E-state index in [1.807, 2.05) is 13.0 Å². The molecule has 0 radical (unpaired) electrons. The van der Waals surface area contributed by atoms with Gasteiger partial charge in [-0.2, -0.15) is 0 Å². The lowest BCUT2D eigenvalue weighted by atomic mass is 10.1. The van der Waals surface area contributed by atoms with Crippen LogP contribution in [0.1, 0.15) is 30.9 Å². The number of thiazole rings is 1. The molecule has 0 bridgehead atoms. The zero-order chi connectivity index (χ0) is 19.4. The minimum atomic E-state index is -0.286. The Kier molecular flexibility index (Phi) is 6.58. The predicted molar refractivity (Wildman–Crippen MR) is 114 cm³/mol. The standard InChI is InChI=1S/C20H20Cl2N2O2S/c1-3-4-5-13-6-7-16-17(9-13)27-20(23-16)24-18(25)11-26-19-12(2)8-14(21)10-15(19)22/h6-10H,3-5,11H2,1-2H3,(H,23,24,25). The van der Waals surface area contributed by atoms with E-state index >= 15 is 0 Å². The van der Waals surface area contributed by atoms with E-state index in [2.05, 4.69) is 29.4 Å². The molecule has 1 heterocycles. The number of nitrogens with zero attached hydrogens (tertiary/aromatic N) is 1. The number of carbonyl (C=O) groups is 1. The number of halogens is 2. The maximum absolute atomic E-state index is 12.2. The molecule has 0 aliphatic rings. The average Bonchev–Trinajstić information content (AvgIpc) is 3.00. The van der Waals surface area contributed by atoms with Gasteiger partial charge in [-0.1, -0.05) is 53.9 Å². The van der Waals surface area contributed by atoms with Gasteiger partial charge in [-0.05, 0) is 55.2 Å². The molecule has 0 fully saturated rings. The van der Waals surface area contributed by atoms with Gasteiger partial charge in [-0.15, -0.1) is 0 Å². The van der Waals surface area contributed by atoms with Crippen molar-refractivity contribution in [1.29, 1.82) is 0 Å². The van der Waals surface area contributed by atoms with Crippen molar-refractivity contribution in [3.63, 3.8) is 0 Å². The number of amides is 1. The second-order valence-electron chi connectivity index (χ2n) is 6.30. The fraction of sp³-hybridized carbons (Fsp3) is 0.300. The van der Waals surface area contributed by atoms with Crippen molar-refractivity contribution < 1.29 is 9.53 Å². The summed E-state index contributed by atoms with van der Waals surface area (Å²) in [5.41, 5.74) is 2.95. The highest BCUT2D eigenvalue weighted by atomic mass is 35.5. The minimum absolute atomic E-state index is 0.153. The number of rotatable bonds is 7. The molecule has 1 aromatic heterocycles. The SMILES string of the molecule is CCCCc1ccc2nc(NC(=O)COc3c(C)cc(Cl)cc3Cl)sc2c1. The number of hydrogen-bond acceptors (Lipinski definition) is 4. The molecule has 0 unspecified atom stereocenters. The number of benzene rings is 2. The Hall–Kier alpha value is -1.82. The van der Waals surface area contributed by atoms with Crippen LogP contribution in [0.5, 0.6) is 5.75 Å². The van der Waals surface area contributed by atoms with Crippen LogP contribution in [0.15, 0.2) is 30.3 Å². The quantitative estimate of drug-likeness (QED) is 0.487. The van der Waals surface area contributed by atoms with Crippen molar-refractivity contribution in [3.05, 3.63) is 51.5 Å². The number of anilines is 1. The van der Waals surface area contributed by atoms with Gasteiger partial charge in [0.05, 0.1) is 15.2 Å². The van der Waals surface area contributed by atoms with E-state index < -0.39 is 0 Å². The lowest BCUT2D eigenvalue weighted by Crippen LogP contribution is -2.20. The highest BCUT2D eigenvalue weighted by molar-refractivity contribution is 7.22. The molecule has 3 aromatic rings. The molecule has 7 heteroatoms. The van der Waals surface area contributed by atoms with Gasteiger partial charge < -0.3 is 4.74 Å². The lowest BCUT2D eigenvalue weighted by molar-refractivity contribution is -0.118. The van der Waals surface area contributed by atoms with Crippen molar-refractivity contribution in [2.45, 2.75) is 33.1 Å². The largest absolute Gasteiger partial charge is 0.482 e. The van der Waals surface area contributed by atoms with Crippen LogP contribution in [-0.2, 0) is 11.2 Å². The van der Waals surface area contributed by atoms with Gasteiger partial charge in [0.25, 0.3) is 5.91 Å². The first-order chi connectivity index (χ1) is 13.0. The second kappa shape index (κ2) is 8.91. The average molecular weight is 423 g/mol. The molecule has 0 spiro atoms. The molecule has 4 nitrogen and oxygen atoms in total. The molecule has 0 atom stereocenters.